The Morgan fingerprint density at radius 3 is 2.56 bits per heavy atom. The standard InChI is InChI=1S/C26H26N4O2/c1-32-24-13-11-20(12-14-24)25-22(18-30(29-25)17-19-7-3-2-4-8-19)15-21(16-27)26(31)28-23-9-5-6-10-23/h2-4,7-8,11-15,18,23H,5-6,9-10,17H2,1H3,(H,28,31)/b21-15+. The van der Waals surface area contributed by atoms with E-state index in [1.165, 1.54) is 0 Å². The van der Waals surface area contributed by atoms with Crippen molar-refractivity contribution < 1.29 is 9.53 Å². The van der Waals surface area contributed by atoms with E-state index in [0.717, 1.165) is 48.1 Å². The Balaban J connectivity index is 1.68. The summed E-state index contributed by atoms with van der Waals surface area (Å²) in [6.07, 6.45) is 7.69. The number of hydrogen-bond acceptors (Lipinski definition) is 4. The summed E-state index contributed by atoms with van der Waals surface area (Å²) >= 11 is 0. The molecule has 162 valence electrons. The number of carbonyl (C=O) groups excluding carboxylic acids is 1. The third-order valence-electron chi connectivity index (χ3n) is 5.70. The van der Waals surface area contributed by atoms with Gasteiger partial charge in [-0.2, -0.15) is 10.4 Å². The van der Waals surface area contributed by atoms with Gasteiger partial charge in [-0.25, -0.2) is 0 Å². The van der Waals surface area contributed by atoms with Crippen LogP contribution in [0.3, 0.4) is 0 Å². The average Bonchev–Trinajstić information content (AvgIpc) is 3.48. The van der Waals surface area contributed by atoms with Crippen molar-refractivity contribution in [2.24, 2.45) is 0 Å². The zero-order valence-corrected chi connectivity index (χ0v) is 18.1. The molecule has 0 unspecified atom stereocenters. The van der Waals surface area contributed by atoms with Gasteiger partial charge in [0.25, 0.3) is 5.91 Å². The number of aromatic nitrogens is 2. The molecule has 1 N–H and O–H groups in total. The number of nitrogens with one attached hydrogen (secondary N) is 1. The number of amides is 1. The van der Waals surface area contributed by atoms with Gasteiger partial charge in [0.2, 0.25) is 0 Å². The molecule has 0 radical (unpaired) electrons. The van der Waals surface area contributed by atoms with E-state index in [2.05, 4.69) is 11.4 Å². The van der Waals surface area contributed by atoms with Gasteiger partial charge in [0.15, 0.2) is 0 Å². The minimum Gasteiger partial charge on any atom is -0.497 e. The van der Waals surface area contributed by atoms with Gasteiger partial charge in [-0.3, -0.25) is 9.48 Å². The highest BCUT2D eigenvalue weighted by Gasteiger charge is 2.20. The Hall–Kier alpha value is -3.85. The van der Waals surface area contributed by atoms with Crippen molar-refractivity contribution >= 4 is 12.0 Å². The fraction of sp³-hybridized carbons (Fsp3) is 0.269. The molecule has 1 heterocycles. The Labute approximate surface area is 188 Å². The second kappa shape index (κ2) is 9.97. The Morgan fingerprint density at radius 2 is 1.91 bits per heavy atom. The molecular weight excluding hydrogens is 400 g/mol. The van der Waals surface area contributed by atoms with Crippen LogP contribution in [0.15, 0.2) is 66.4 Å². The number of carbonyl (C=O) groups is 1. The maximum atomic E-state index is 12.7. The molecule has 6 nitrogen and oxygen atoms in total. The van der Waals surface area contributed by atoms with E-state index < -0.39 is 0 Å². The number of benzene rings is 2. The van der Waals surface area contributed by atoms with Gasteiger partial charge in [0.05, 0.1) is 19.3 Å². The lowest BCUT2D eigenvalue weighted by atomic mass is 10.1. The van der Waals surface area contributed by atoms with Crippen molar-refractivity contribution in [2.75, 3.05) is 7.11 Å². The molecule has 2 aromatic carbocycles. The van der Waals surface area contributed by atoms with E-state index in [0.29, 0.717) is 12.2 Å². The SMILES string of the molecule is COc1ccc(-c2nn(Cc3ccccc3)cc2/C=C(\C#N)C(=O)NC2CCCC2)cc1. The molecule has 0 aliphatic heterocycles. The van der Waals surface area contributed by atoms with Crippen LogP contribution >= 0.6 is 0 Å². The van der Waals surface area contributed by atoms with E-state index in [1.807, 2.05) is 65.5 Å². The maximum Gasteiger partial charge on any atom is 0.262 e. The van der Waals surface area contributed by atoms with Crippen LogP contribution in [0, 0.1) is 11.3 Å². The summed E-state index contributed by atoms with van der Waals surface area (Å²) in [6, 6.07) is 19.9. The topological polar surface area (TPSA) is 79.9 Å². The summed E-state index contributed by atoms with van der Waals surface area (Å²) in [4.78, 5) is 12.7. The van der Waals surface area contributed by atoms with Crippen LogP contribution in [-0.2, 0) is 11.3 Å². The van der Waals surface area contributed by atoms with Gasteiger partial charge >= 0.3 is 0 Å². The zero-order chi connectivity index (χ0) is 22.3. The van der Waals surface area contributed by atoms with Crippen molar-refractivity contribution in [1.82, 2.24) is 15.1 Å². The van der Waals surface area contributed by atoms with Gasteiger partial charge in [0, 0.05) is 23.4 Å². The predicted molar refractivity (Wildman–Crippen MR) is 124 cm³/mol. The quantitative estimate of drug-likeness (QED) is 0.443. The summed E-state index contributed by atoms with van der Waals surface area (Å²) in [5.41, 5.74) is 3.53. The first-order chi connectivity index (χ1) is 15.7. The van der Waals surface area contributed by atoms with Crippen molar-refractivity contribution in [3.8, 4) is 23.1 Å². The molecule has 1 fully saturated rings. The van der Waals surface area contributed by atoms with Crippen LogP contribution < -0.4 is 10.1 Å². The number of nitriles is 1. The van der Waals surface area contributed by atoms with Crippen LogP contribution in [0.4, 0.5) is 0 Å². The first-order valence-electron chi connectivity index (χ1n) is 10.8. The minimum atomic E-state index is -0.323. The van der Waals surface area contributed by atoms with Crippen LogP contribution in [0.5, 0.6) is 5.75 Å². The largest absolute Gasteiger partial charge is 0.497 e. The second-order valence-corrected chi connectivity index (χ2v) is 7.97. The van der Waals surface area contributed by atoms with Gasteiger partial charge < -0.3 is 10.1 Å². The Morgan fingerprint density at radius 1 is 1.19 bits per heavy atom. The number of ether oxygens (including phenoxy) is 1. The smallest absolute Gasteiger partial charge is 0.262 e. The monoisotopic (exact) mass is 426 g/mol. The summed E-state index contributed by atoms with van der Waals surface area (Å²) in [7, 11) is 1.62. The van der Waals surface area contributed by atoms with E-state index in [-0.39, 0.29) is 17.5 Å². The number of methoxy groups -OCH3 is 1. The molecule has 32 heavy (non-hydrogen) atoms. The molecule has 4 rings (SSSR count). The predicted octanol–water partition coefficient (Wildman–Crippen LogP) is 4.57. The number of nitrogens with zero attached hydrogens (tertiary/aromatic N) is 3. The third-order valence-corrected chi connectivity index (χ3v) is 5.70. The molecule has 0 atom stereocenters. The van der Waals surface area contributed by atoms with Gasteiger partial charge in [-0.15, -0.1) is 0 Å². The van der Waals surface area contributed by atoms with Crippen LogP contribution in [0.1, 0.15) is 36.8 Å². The Bertz CT molecular complexity index is 1130. The van der Waals surface area contributed by atoms with E-state index >= 15 is 0 Å². The van der Waals surface area contributed by atoms with Crippen molar-refractivity contribution in [3.63, 3.8) is 0 Å². The van der Waals surface area contributed by atoms with E-state index in [4.69, 9.17) is 9.84 Å². The molecule has 1 saturated carbocycles. The lowest BCUT2D eigenvalue weighted by Crippen LogP contribution is -2.33. The maximum absolute atomic E-state index is 12.7. The molecule has 1 aliphatic carbocycles. The summed E-state index contributed by atoms with van der Waals surface area (Å²) < 4.78 is 7.10. The van der Waals surface area contributed by atoms with Gasteiger partial charge in [0.1, 0.15) is 17.4 Å². The van der Waals surface area contributed by atoms with Gasteiger partial charge in [-0.1, -0.05) is 43.2 Å². The minimum absolute atomic E-state index is 0.0888. The van der Waals surface area contributed by atoms with E-state index in [9.17, 15) is 10.1 Å². The fourth-order valence-electron chi connectivity index (χ4n) is 4.00. The van der Waals surface area contributed by atoms with Crippen molar-refractivity contribution in [2.45, 2.75) is 38.3 Å². The first kappa shape index (κ1) is 21.4. The lowest BCUT2D eigenvalue weighted by molar-refractivity contribution is -0.117. The molecule has 1 aliphatic rings. The highest BCUT2D eigenvalue weighted by Crippen LogP contribution is 2.27. The highest BCUT2D eigenvalue weighted by atomic mass is 16.5. The average molecular weight is 427 g/mol. The second-order valence-electron chi connectivity index (χ2n) is 7.97. The molecule has 6 heteroatoms. The highest BCUT2D eigenvalue weighted by molar-refractivity contribution is 6.02. The lowest BCUT2D eigenvalue weighted by Gasteiger charge is -2.10. The summed E-state index contributed by atoms with van der Waals surface area (Å²) in [5.74, 6) is 0.430. The van der Waals surface area contributed by atoms with Crippen molar-refractivity contribution in [3.05, 3.63) is 77.5 Å². The molecule has 0 saturated heterocycles. The molecule has 1 amide bonds. The van der Waals surface area contributed by atoms with Gasteiger partial charge in [-0.05, 0) is 48.7 Å². The Kier molecular flexibility index (Phi) is 6.66. The van der Waals surface area contributed by atoms with E-state index in [1.54, 1.807) is 13.2 Å². The number of hydrogen-bond donors (Lipinski definition) is 1. The third kappa shape index (κ3) is 5.06. The zero-order valence-electron chi connectivity index (χ0n) is 18.1. The van der Waals surface area contributed by atoms with Crippen LogP contribution in [-0.4, -0.2) is 28.8 Å². The summed E-state index contributed by atoms with van der Waals surface area (Å²) in [5, 5.41) is 17.4. The molecule has 0 bridgehead atoms. The first-order valence-corrected chi connectivity index (χ1v) is 10.8. The molecule has 0 spiro atoms. The van der Waals surface area contributed by atoms with Crippen molar-refractivity contribution in [1.29, 1.82) is 5.26 Å². The van der Waals surface area contributed by atoms with Crippen LogP contribution in [0.25, 0.3) is 17.3 Å². The molecule has 1 aromatic heterocycles. The fourth-order valence-corrected chi connectivity index (χ4v) is 4.00. The normalized spacial score (nSPS) is 14.2. The molecular formula is C26H26N4O2. The van der Waals surface area contributed by atoms with Crippen LogP contribution in [0.2, 0.25) is 0 Å². The molecule has 3 aromatic rings. The number of rotatable bonds is 7. The summed E-state index contributed by atoms with van der Waals surface area (Å²) in [6.45, 7) is 0.591.